The lowest BCUT2D eigenvalue weighted by atomic mass is 10.0. The number of sulfonamides is 1. The van der Waals surface area contributed by atoms with Crippen molar-refractivity contribution in [2.45, 2.75) is 23.9 Å². The summed E-state index contributed by atoms with van der Waals surface area (Å²) in [6.45, 7) is 0.994. The number of hydrogen-bond acceptors (Lipinski definition) is 5. The molecule has 3 rings (SSSR count). The van der Waals surface area contributed by atoms with Crippen molar-refractivity contribution in [2.75, 3.05) is 25.0 Å². The van der Waals surface area contributed by atoms with Crippen molar-refractivity contribution < 1.29 is 27.0 Å². The zero-order valence-corrected chi connectivity index (χ0v) is 13.4. The number of nitrogens with one attached hydrogen (secondary N) is 1. The van der Waals surface area contributed by atoms with Gasteiger partial charge in [0.1, 0.15) is 5.75 Å². The molecule has 1 unspecified atom stereocenters. The summed E-state index contributed by atoms with van der Waals surface area (Å²) in [6.07, 6.45) is 3.96. The van der Waals surface area contributed by atoms with Gasteiger partial charge in [-0.3, -0.25) is 4.72 Å². The molecule has 1 spiro atoms. The molecule has 1 aliphatic heterocycles. The Morgan fingerprint density at radius 2 is 2.09 bits per heavy atom. The molecule has 1 heterocycles. The van der Waals surface area contributed by atoms with E-state index in [1.54, 1.807) is 12.2 Å². The summed E-state index contributed by atoms with van der Waals surface area (Å²) in [6, 6.07) is 3.96. The number of benzene rings is 1. The number of methoxy groups -OCH3 is 1. The summed E-state index contributed by atoms with van der Waals surface area (Å²) in [5.41, 5.74) is -0.104. The topological polar surface area (TPSA) is 73.9 Å². The number of rotatable bonds is 4. The number of halogens is 1. The molecular weight excluding hydrogens is 325 g/mol. The van der Waals surface area contributed by atoms with E-state index in [2.05, 4.69) is 4.72 Å². The van der Waals surface area contributed by atoms with Gasteiger partial charge in [-0.15, -0.1) is 0 Å². The molecule has 6 nitrogen and oxygen atoms in total. The number of anilines is 1. The van der Waals surface area contributed by atoms with Crippen LogP contribution >= 0.6 is 0 Å². The van der Waals surface area contributed by atoms with Crippen LogP contribution in [0.25, 0.3) is 0 Å². The Kier molecular flexibility index (Phi) is 4.31. The Hall–Kier alpha value is -1.64. The first-order valence-corrected chi connectivity index (χ1v) is 8.81. The van der Waals surface area contributed by atoms with Crippen LogP contribution < -0.4 is 9.46 Å². The van der Waals surface area contributed by atoms with Gasteiger partial charge in [-0.1, -0.05) is 6.08 Å². The number of ether oxygens (including phenoxy) is 3. The lowest BCUT2D eigenvalue weighted by Crippen LogP contribution is -2.37. The standard InChI is InChI=1S/C15H18FNO5S/c1-20-11-2-3-14(13(16)10-11)17-23(18,19)12-4-6-15(7-5-12)21-8-9-22-15/h2-4,6,10,12,17H,5,7-9H2,1H3. The predicted octanol–water partition coefficient (Wildman–Crippen LogP) is 2.04. The second kappa shape index (κ2) is 6.10. The fourth-order valence-corrected chi connectivity index (χ4v) is 4.02. The van der Waals surface area contributed by atoms with E-state index in [9.17, 15) is 12.8 Å². The van der Waals surface area contributed by atoms with Gasteiger partial charge in [0.2, 0.25) is 10.0 Å². The summed E-state index contributed by atoms with van der Waals surface area (Å²) < 4.78 is 57.0. The third kappa shape index (κ3) is 3.34. The minimum atomic E-state index is -3.75. The van der Waals surface area contributed by atoms with Crippen molar-refractivity contribution in [1.82, 2.24) is 0 Å². The van der Waals surface area contributed by atoms with E-state index >= 15 is 0 Å². The fourth-order valence-electron chi connectivity index (χ4n) is 2.68. The van der Waals surface area contributed by atoms with Gasteiger partial charge < -0.3 is 14.2 Å². The molecule has 2 aliphatic rings. The van der Waals surface area contributed by atoms with Gasteiger partial charge in [0.15, 0.2) is 11.6 Å². The summed E-state index contributed by atoms with van der Waals surface area (Å²) in [4.78, 5) is 0. The Morgan fingerprint density at radius 1 is 1.35 bits per heavy atom. The molecule has 0 radical (unpaired) electrons. The van der Waals surface area contributed by atoms with Crippen LogP contribution in [-0.4, -0.2) is 39.8 Å². The molecule has 0 aromatic heterocycles. The van der Waals surface area contributed by atoms with E-state index in [0.29, 0.717) is 31.8 Å². The minimum Gasteiger partial charge on any atom is -0.497 e. The van der Waals surface area contributed by atoms with E-state index in [4.69, 9.17) is 14.2 Å². The molecule has 0 bridgehead atoms. The van der Waals surface area contributed by atoms with E-state index in [0.717, 1.165) is 6.07 Å². The van der Waals surface area contributed by atoms with Crippen molar-refractivity contribution in [1.29, 1.82) is 0 Å². The monoisotopic (exact) mass is 343 g/mol. The first kappa shape index (κ1) is 16.2. The summed E-state index contributed by atoms with van der Waals surface area (Å²) in [7, 11) is -2.34. The second-order valence-corrected chi connectivity index (χ2v) is 7.34. The Bertz CT molecular complexity index is 713. The molecule has 0 saturated carbocycles. The molecule has 23 heavy (non-hydrogen) atoms. The lowest BCUT2D eigenvalue weighted by Gasteiger charge is -2.30. The Morgan fingerprint density at radius 3 is 2.65 bits per heavy atom. The second-order valence-electron chi connectivity index (χ2n) is 5.44. The molecule has 1 aromatic rings. The molecule has 1 saturated heterocycles. The van der Waals surface area contributed by atoms with Gasteiger partial charge >= 0.3 is 0 Å². The van der Waals surface area contributed by atoms with Crippen LogP contribution in [0, 0.1) is 5.82 Å². The minimum absolute atomic E-state index is 0.104. The highest BCUT2D eigenvalue weighted by Gasteiger charge is 2.39. The summed E-state index contributed by atoms with van der Waals surface area (Å²) in [5, 5.41) is -0.762. The van der Waals surface area contributed by atoms with E-state index in [-0.39, 0.29) is 5.69 Å². The summed E-state index contributed by atoms with van der Waals surface area (Å²) >= 11 is 0. The smallest absolute Gasteiger partial charge is 0.239 e. The molecule has 1 aromatic carbocycles. The maximum absolute atomic E-state index is 13.9. The van der Waals surface area contributed by atoms with Gasteiger partial charge in [-0.25, -0.2) is 12.8 Å². The lowest BCUT2D eigenvalue weighted by molar-refractivity contribution is -0.124. The maximum Gasteiger partial charge on any atom is 0.239 e. The van der Waals surface area contributed by atoms with E-state index < -0.39 is 26.9 Å². The highest BCUT2D eigenvalue weighted by Crippen LogP contribution is 2.33. The average Bonchev–Trinajstić information content (AvgIpc) is 2.97. The van der Waals surface area contributed by atoms with Crippen LogP contribution in [0.2, 0.25) is 0 Å². The molecule has 8 heteroatoms. The van der Waals surface area contributed by atoms with Gasteiger partial charge in [-0.05, 0) is 24.6 Å². The van der Waals surface area contributed by atoms with Gasteiger partial charge in [0.25, 0.3) is 0 Å². The third-order valence-electron chi connectivity index (χ3n) is 3.95. The average molecular weight is 343 g/mol. The first-order valence-electron chi connectivity index (χ1n) is 7.27. The zero-order chi connectivity index (χ0) is 16.5. The Labute approximate surface area is 134 Å². The predicted molar refractivity (Wildman–Crippen MR) is 82.3 cm³/mol. The van der Waals surface area contributed by atoms with Crippen LogP contribution in [-0.2, 0) is 19.5 Å². The van der Waals surface area contributed by atoms with Gasteiger partial charge in [0, 0.05) is 12.5 Å². The normalized spacial score (nSPS) is 23.1. The van der Waals surface area contributed by atoms with E-state index in [1.165, 1.54) is 19.2 Å². The molecular formula is C15H18FNO5S. The molecule has 1 aliphatic carbocycles. The van der Waals surface area contributed by atoms with Crippen LogP contribution in [0.1, 0.15) is 12.8 Å². The van der Waals surface area contributed by atoms with Crippen molar-refractivity contribution in [2.24, 2.45) is 0 Å². The van der Waals surface area contributed by atoms with Crippen molar-refractivity contribution in [3.05, 3.63) is 36.2 Å². The van der Waals surface area contributed by atoms with Crippen LogP contribution in [0.3, 0.4) is 0 Å². The zero-order valence-electron chi connectivity index (χ0n) is 12.6. The molecule has 126 valence electrons. The van der Waals surface area contributed by atoms with Crippen molar-refractivity contribution in [3.63, 3.8) is 0 Å². The third-order valence-corrected chi connectivity index (χ3v) is 5.64. The molecule has 0 amide bonds. The van der Waals surface area contributed by atoms with Gasteiger partial charge in [0.05, 0.1) is 31.3 Å². The van der Waals surface area contributed by atoms with E-state index in [1.807, 2.05) is 0 Å². The SMILES string of the molecule is COc1ccc(NS(=O)(=O)C2C=CC3(CC2)OCCO3)c(F)c1. The molecule has 1 fully saturated rings. The van der Waals surface area contributed by atoms with Crippen LogP contribution in [0.4, 0.5) is 10.1 Å². The molecule has 1 N–H and O–H groups in total. The number of hydrogen-bond donors (Lipinski definition) is 1. The molecule has 1 atom stereocenters. The van der Waals surface area contributed by atoms with Crippen LogP contribution in [0.5, 0.6) is 5.75 Å². The highest BCUT2D eigenvalue weighted by atomic mass is 32.2. The Balaban J connectivity index is 1.75. The maximum atomic E-state index is 13.9. The quantitative estimate of drug-likeness (QED) is 0.847. The van der Waals surface area contributed by atoms with Crippen LogP contribution in [0.15, 0.2) is 30.4 Å². The van der Waals surface area contributed by atoms with Gasteiger partial charge in [-0.2, -0.15) is 0 Å². The van der Waals surface area contributed by atoms with Crippen molar-refractivity contribution in [3.8, 4) is 5.75 Å². The first-order chi connectivity index (χ1) is 10.9. The van der Waals surface area contributed by atoms with Crippen molar-refractivity contribution >= 4 is 15.7 Å². The highest BCUT2D eigenvalue weighted by molar-refractivity contribution is 7.93. The fraction of sp³-hybridized carbons (Fsp3) is 0.467. The summed E-state index contributed by atoms with van der Waals surface area (Å²) in [5.74, 6) is -1.16. The largest absolute Gasteiger partial charge is 0.497 e.